The summed E-state index contributed by atoms with van der Waals surface area (Å²) in [7, 11) is -3.58. The van der Waals surface area contributed by atoms with Gasteiger partial charge in [-0.3, -0.25) is 9.10 Å². The summed E-state index contributed by atoms with van der Waals surface area (Å²) in [6.07, 6.45) is 4.85. The second-order valence-corrected chi connectivity index (χ2v) is 10.1. The molecule has 1 aliphatic heterocycles. The Kier molecular flexibility index (Phi) is 7.18. The summed E-state index contributed by atoms with van der Waals surface area (Å²) < 4.78 is 26.2. The molecule has 0 unspecified atom stereocenters. The van der Waals surface area contributed by atoms with E-state index in [1.165, 1.54) is 24.9 Å². The SMILES string of the molecule is CS(=O)(=O)N(CC(=O)NCc1ccc(N2CCCCC2)cc1)c1cccc(Br)c1. The number of benzene rings is 2. The van der Waals surface area contributed by atoms with Crippen LogP contribution in [0.2, 0.25) is 0 Å². The zero-order chi connectivity index (χ0) is 20.9. The fraction of sp³-hybridized carbons (Fsp3) is 0.381. The number of hydrogen-bond donors (Lipinski definition) is 1. The lowest BCUT2D eigenvalue weighted by atomic mass is 10.1. The molecule has 1 amide bonds. The Morgan fingerprint density at radius 2 is 1.79 bits per heavy atom. The lowest BCUT2D eigenvalue weighted by Gasteiger charge is -2.28. The number of hydrogen-bond acceptors (Lipinski definition) is 4. The molecule has 0 bridgehead atoms. The van der Waals surface area contributed by atoms with Crippen molar-refractivity contribution in [1.82, 2.24) is 5.32 Å². The Balaban J connectivity index is 1.59. The van der Waals surface area contributed by atoms with Crippen LogP contribution in [0.4, 0.5) is 11.4 Å². The molecule has 2 aromatic carbocycles. The van der Waals surface area contributed by atoms with Gasteiger partial charge in [-0.1, -0.05) is 34.1 Å². The number of amides is 1. The number of piperidine rings is 1. The average molecular weight is 480 g/mol. The van der Waals surface area contributed by atoms with Crippen molar-refractivity contribution in [3.8, 4) is 0 Å². The maximum absolute atomic E-state index is 12.4. The van der Waals surface area contributed by atoms with Crippen molar-refractivity contribution in [2.24, 2.45) is 0 Å². The summed E-state index contributed by atoms with van der Waals surface area (Å²) in [5.41, 5.74) is 2.63. The summed E-state index contributed by atoms with van der Waals surface area (Å²) in [5, 5.41) is 2.81. The molecule has 0 aromatic heterocycles. The van der Waals surface area contributed by atoms with Gasteiger partial charge in [-0.05, 0) is 55.2 Å². The number of nitrogens with one attached hydrogen (secondary N) is 1. The van der Waals surface area contributed by atoms with Gasteiger partial charge >= 0.3 is 0 Å². The number of nitrogens with zero attached hydrogens (tertiary/aromatic N) is 2. The van der Waals surface area contributed by atoms with E-state index in [0.717, 1.165) is 33.7 Å². The molecular weight excluding hydrogens is 454 g/mol. The van der Waals surface area contributed by atoms with Crippen LogP contribution in [0.25, 0.3) is 0 Å². The van der Waals surface area contributed by atoms with Gasteiger partial charge < -0.3 is 10.2 Å². The quantitative estimate of drug-likeness (QED) is 0.659. The molecule has 1 fully saturated rings. The standard InChI is InChI=1S/C21H26BrN3O3S/c1-29(27,28)25(20-7-5-6-18(22)14-20)16-21(26)23-15-17-8-10-19(11-9-17)24-12-3-2-4-13-24/h5-11,14H,2-4,12-13,15-16H2,1H3,(H,23,26). The summed E-state index contributed by atoms with van der Waals surface area (Å²) in [5.74, 6) is -0.351. The van der Waals surface area contributed by atoms with Crippen LogP contribution in [0.3, 0.4) is 0 Å². The lowest BCUT2D eigenvalue weighted by molar-refractivity contribution is -0.119. The van der Waals surface area contributed by atoms with E-state index in [-0.39, 0.29) is 12.5 Å². The first kappa shape index (κ1) is 21.6. The monoisotopic (exact) mass is 479 g/mol. The van der Waals surface area contributed by atoms with Crippen LogP contribution in [-0.2, 0) is 21.4 Å². The molecule has 29 heavy (non-hydrogen) atoms. The Morgan fingerprint density at radius 1 is 1.10 bits per heavy atom. The van der Waals surface area contributed by atoms with Crippen molar-refractivity contribution >= 4 is 43.2 Å². The zero-order valence-corrected chi connectivity index (χ0v) is 18.9. The van der Waals surface area contributed by atoms with Gasteiger partial charge in [0.2, 0.25) is 15.9 Å². The van der Waals surface area contributed by atoms with Crippen molar-refractivity contribution in [1.29, 1.82) is 0 Å². The third-order valence-electron chi connectivity index (χ3n) is 4.93. The maximum atomic E-state index is 12.4. The topological polar surface area (TPSA) is 69.7 Å². The van der Waals surface area contributed by atoms with E-state index in [4.69, 9.17) is 0 Å². The molecule has 1 N–H and O–H groups in total. The Labute approximate surface area is 181 Å². The van der Waals surface area contributed by atoms with Crippen molar-refractivity contribution in [3.63, 3.8) is 0 Å². The van der Waals surface area contributed by atoms with Crippen molar-refractivity contribution in [2.75, 3.05) is 35.1 Å². The van der Waals surface area contributed by atoms with Gasteiger partial charge in [0.25, 0.3) is 0 Å². The molecule has 0 spiro atoms. The van der Waals surface area contributed by atoms with E-state index in [1.54, 1.807) is 24.3 Å². The number of halogens is 1. The fourth-order valence-corrected chi connectivity index (χ4v) is 4.63. The normalized spacial score (nSPS) is 14.5. The highest BCUT2D eigenvalue weighted by Gasteiger charge is 2.21. The molecule has 6 nitrogen and oxygen atoms in total. The van der Waals surface area contributed by atoms with Crippen molar-refractivity contribution < 1.29 is 13.2 Å². The zero-order valence-electron chi connectivity index (χ0n) is 16.5. The molecule has 1 aliphatic rings. The molecular formula is C21H26BrN3O3S. The van der Waals surface area contributed by atoms with E-state index in [0.29, 0.717) is 12.2 Å². The molecule has 156 valence electrons. The number of rotatable bonds is 7. The van der Waals surface area contributed by atoms with Gasteiger partial charge in [0.05, 0.1) is 11.9 Å². The molecule has 1 saturated heterocycles. The van der Waals surface area contributed by atoms with Crippen LogP contribution < -0.4 is 14.5 Å². The second-order valence-electron chi connectivity index (χ2n) is 7.24. The minimum absolute atomic E-state index is 0.263. The molecule has 0 radical (unpaired) electrons. The number of anilines is 2. The van der Waals surface area contributed by atoms with E-state index in [2.05, 4.69) is 38.3 Å². The molecule has 0 saturated carbocycles. The van der Waals surface area contributed by atoms with Gasteiger partial charge in [-0.15, -0.1) is 0 Å². The summed E-state index contributed by atoms with van der Waals surface area (Å²) in [4.78, 5) is 14.8. The predicted octanol–water partition coefficient (Wildman–Crippen LogP) is 3.52. The van der Waals surface area contributed by atoms with Crippen LogP contribution in [0.1, 0.15) is 24.8 Å². The molecule has 1 heterocycles. The molecule has 3 rings (SSSR count). The Morgan fingerprint density at radius 3 is 2.41 bits per heavy atom. The van der Waals surface area contributed by atoms with Gasteiger partial charge in [-0.25, -0.2) is 8.42 Å². The highest BCUT2D eigenvalue weighted by Crippen LogP contribution is 2.22. The largest absolute Gasteiger partial charge is 0.372 e. The summed E-state index contributed by atoms with van der Waals surface area (Å²) in [6, 6.07) is 15.1. The maximum Gasteiger partial charge on any atom is 0.241 e. The number of carbonyl (C=O) groups excluding carboxylic acids is 1. The number of carbonyl (C=O) groups is 1. The van der Waals surface area contributed by atoms with E-state index < -0.39 is 10.0 Å². The Bertz CT molecular complexity index is 942. The van der Waals surface area contributed by atoms with Gasteiger partial charge in [0, 0.05) is 29.8 Å². The third-order valence-corrected chi connectivity index (χ3v) is 6.56. The van der Waals surface area contributed by atoms with Crippen molar-refractivity contribution in [3.05, 3.63) is 58.6 Å². The van der Waals surface area contributed by atoms with Gasteiger partial charge in [-0.2, -0.15) is 0 Å². The van der Waals surface area contributed by atoms with E-state index >= 15 is 0 Å². The average Bonchev–Trinajstić information content (AvgIpc) is 2.70. The molecule has 0 aliphatic carbocycles. The van der Waals surface area contributed by atoms with E-state index in [1.807, 2.05) is 12.1 Å². The minimum atomic E-state index is -3.58. The Hall–Kier alpha value is -2.06. The second kappa shape index (κ2) is 9.63. The lowest BCUT2D eigenvalue weighted by Crippen LogP contribution is -2.40. The van der Waals surface area contributed by atoms with Crippen LogP contribution in [0, 0.1) is 0 Å². The highest BCUT2D eigenvalue weighted by molar-refractivity contribution is 9.10. The molecule has 8 heteroatoms. The van der Waals surface area contributed by atoms with Crippen LogP contribution in [0.15, 0.2) is 53.0 Å². The third kappa shape index (κ3) is 6.21. The molecule has 0 atom stereocenters. The highest BCUT2D eigenvalue weighted by atomic mass is 79.9. The van der Waals surface area contributed by atoms with Crippen LogP contribution >= 0.6 is 15.9 Å². The predicted molar refractivity (Wildman–Crippen MR) is 121 cm³/mol. The first-order valence-electron chi connectivity index (χ1n) is 9.67. The number of sulfonamides is 1. The smallest absolute Gasteiger partial charge is 0.241 e. The summed E-state index contributed by atoms with van der Waals surface area (Å²) >= 11 is 3.33. The van der Waals surface area contributed by atoms with Crippen LogP contribution in [0.5, 0.6) is 0 Å². The van der Waals surface area contributed by atoms with E-state index in [9.17, 15) is 13.2 Å². The first-order chi connectivity index (χ1) is 13.8. The molecule has 2 aromatic rings. The summed E-state index contributed by atoms with van der Waals surface area (Å²) in [6.45, 7) is 2.27. The minimum Gasteiger partial charge on any atom is -0.372 e. The van der Waals surface area contributed by atoms with Crippen molar-refractivity contribution in [2.45, 2.75) is 25.8 Å². The van der Waals surface area contributed by atoms with Crippen LogP contribution in [-0.4, -0.2) is 40.2 Å². The first-order valence-corrected chi connectivity index (χ1v) is 12.3. The van der Waals surface area contributed by atoms with Gasteiger partial charge in [0.15, 0.2) is 0 Å². The fourth-order valence-electron chi connectivity index (χ4n) is 3.39. The van der Waals surface area contributed by atoms with Gasteiger partial charge in [0.1, 0.15) is 6.54 Å².